The SMILES string of the molecule is COc1c2c(cc3c1C(CC(O)C(C)C)N(C)CC3)OCO2. The third kappa shape index (κ3) is 2.52. The largest absolute Gasteiger partial charge is 0.492 e. The second kappa shape index (κ2) is 5.97. The number of aliphatic hydroxyl groups is 1. The molecule has 22 heavy (non-hydrogen) atoms. The van der Waals surface area contributed by atoms with Gasteiger partial charge in [0.2, 0.25) is 12.5 Å². The highest BCUT2D eigenvalue weighted by molar-refractivity contribution is 5.61. The molecule has 122 valence electrons. The lowest BCUT2D eigenvalue weighted by molar-refractivity contribution is 0.0741. The molecule has 0 saturated heterocycles. The van der Waals surface area contributed by atoms with Crippen molar-refractivity contribution in [3.8, 4) is 17.2 Å². The average molecular weight is 307 g/mol. The molecule has 2 unspecified atom stereocenters. The number of likely N-dealkylation sites (N-methyl/N-ethyl adjacent to an activating group) is 1. The molecular weight excluding hydrogens is 282 g/mol. The zero-order chi connectivity index (χ0) is 15.9. The van der Waals surface area contributed by atoms with Crippen LogP contribution in [0.1, 0.15) is 37.4 Å². The molecule has 0 amide bonds. The number of benzene rings is 1. The van der Waals surface area contributed by atoms with Gasteiger partial charge in [0, 0.05) is 18.2 Å². The number of hydrogen-bond donors (Lipinski definition) is 1. The Morgan fingerprint density at radius 3 is 2.86 bits per heavy atom. The molecule has 2 heterocycles. The number of hydrogen-bond acceptors (Lipinski definition) is 5. The highest BCUT2D eigenvalue weighted by Crippen LogP contribution is 2.50. The summed E-state index contributed by atoms with van der Waals surface area (Å²) in [4.78, 5) is 2.29. The molecule has 5 nitrogen and oxygen atoms in total. The summed E-state index contributed by atoms with van der Waals surface area (Å²) in [6.45, 7) is 5.30. The van der Waals surface area contributed by atoms with Gasteiger partial charge in [-0.2, -0.15) is 0 Å². The van der Waals surface area contributed by atoms with E-state index in [-0.39, 0.29) is 24.9 Å². The number of ether oxygens (including phenoxy) is 3. The van der Waals surface area contributed by atoms with Crippen molar-refractivity contribution in [2.45, 2.75) is 38.8 Å². The lowest BCUT2D eigenvalue weighted by Crippen LogP contribution is -2.35. The first-order valence-corrected chi connectivity index (χ1v) is 7.90. The van der Waals surface area contributed by atoms with E-state index >= 15 is 0 Å². The maximum atomic E-state index is 10.4. The Bertz CT molecular complexity index is 558. The van der Waals surface area contributed by atoms with Crippen LogP contribution in [0.4, 0.5) is 0 Å². The summed E-state index contributed by atoms with van der Waals surface area (Å²) in [7, 11) is 3.77. The van der Waals surface area contributed by atoms with E-state index in [9.17, 15) is 5.11 Å². The van der Waals surface area contributed by atoms with Gasteiger partial charge in [0.15, 0.2) is 11.5 Å². The van der Waals surface area contributed by atoms with Gasteiger partial charge >= 0.3 is 0 Å². The van der Waals surface area contributed by atoms with Gasteiger partial charge in [-0.3, -0.25) is 4.90 Å². The molecule has 3 rings (SSSR count). The van der Waals surface area contributed by atoms with E-state index in [1.165, 1.54) is 5.56 Å². The minimum absolute atomic E-state index is 0.130. The highest BCUT2D eigenvalue weighted by atomic mass is 16.7. The molecule has 1 aromatic rings. The molecule has 0 bridgehead atoms. The van der Waals surface area contributed by atoms with Gasteiger partial charge in [-0.15, -0.1) is 0 Å². The van der Waals surface area contributed by atoms with Crippen LogP contribution >= 0.6 is 0 Å². The molecule has 0 aromatic heterocycles. The highest BCUT2D eigenvalue weighted by Gasteiger charge is 2.35. The Kier molecular flexibility index (Phi) is 4.19. The number of nitrogens with zero attached hydrogens (tertiary/aromatic N) is 1. The maximum Gasteiger partial charge on any atom is 0.231 e. The van der Waals surface area contributed by atoms with Crippen molar-refractivity contribution in [1.82, 2.24) is 4.90 Å². The van der Waals surface area contributed by atoms with Crippen LogP contribution in [-0.2, 0) is 6.42 Å². The first-order chi connectivity index (χ1) is 10.5. The maximum absolute atomic E-state index is 10.4. The Morgan fingerprint density at radius 1 is 1.41 bits per heavy atom. The van der Waals surface area contributed by atoms with Crippen LogP contribution in [0.5, 0.6) is 17.2 Å². The van der Waals surface area contributed by atoms with Crippen LogP contribution in [0.25, 0.3) is 0 Å². The fraction of sp³-hybridized carbons (Fsp3) is 0.647. The van der Waals surface area contributed by atoms with E-state index in [0.717, 1.165) is 30.0 Å². The van der Waals surface area contributed by atoms with Crippen LogP contribution in [0, 0.1) is 5.92 Å². The van der Waals surface area contributed by atoms with Gasteiger partial charge in [-0.05, 0) is 37.4 Å². The molecule has 2 aliphatic heterocycles. The van der Waals surface area contributed by atoms with Crippen LogP contribution in [-0.4, -0.2) is 43.6 Å². The molecule has 2 atom stereocenters. The molecule has 1 N–H and O–H groups in total. The Hall–Kier alpha value is -1.46. The summed E-state index contributed by atoms with van der Waals surface area (Å²) in [6, 6.07) is 2.20. The normalized spacial score (nSPS) is 21.8. The minimum atomic E-state index is -0.339. The number of rotatable bonds is 4. The van der Waals surface area contributed by atoms with Crippen molar-refractivity contribution < 1.29 is 19.3 Å². The molecule has 1 aromatic carbocycles. The van der Waals surface area contributed by atoms with Gasteiger partial charge in [-0.25, -0.2) is 0 Å². The number of methoxy groups -OCH3 is 1. The minimum Gasteiger partial charge on any atom is -0.492 e. The zero-order valence-corrected chi connectivity index (χ0v) is 13.8. The van der Waals surface area contributed by atoms with Crippen molar-refractivity contribution in [1.29, 1.82) is 0 Å². The summed E-state index contributed by atoms with van der Waals surface area (Å²) in [5.41, 5.74) is 2.38. The van der Waals surface area contributed by atoms with Crippen LogP contribution in [0.2, 0.25) is 0 Å². The lowest BCUT2D eigenvalue weighted by Gasteiger charge is -2.37. The predicted octanol–water partition coefficient (Wildman–Crippen LogP) is 2.36. The van der Waals surface area contributed by atoms with E-state index in [0.29, 0.717) is 12.2 Å². The van der Waals surface area contributed by atoms with Crippen molar-refractivity contribution in [3.05, 3.63) is 17.2 Å². The quantitative estimate of drug-likeness (QED) is 0.925. The fourth-order valence-corrected chi connectivity index (χ4v) is 3.32. The Labute approximate surface area is 131 Å². The van der Waals surface area contributed by atoms with Crippen LogP contribution in [0.3, 0.4) is 0 Å². The molecule has 5 heteroatoms. The molecule has 0 saturated carbocycles. The molecule has 0 aliphatic carbocycles. The zero-order valence-electron chi connectivity index (χ0n) is 13.8. The van der Waals surface area contributed by atoms with Gasteiger partial charge in [0.1, 0.15) is 0 Å². The van der Waals surface area contributed by atoms with E-state index in [1.807, 2.05) is 13.8 Å². The molecule has 0 spiro atoms. The van der Waals surface area contributed by atoms with Crippen molar-refractivity contribution in [3.63, 3.8) is 0 Å². The number of aliphatic hydroxyl groups excluding tert-OH is 1. The first kappa shape index (κ1) is 15.4. The third-order valence-corrected chi connectivity index (χ3v) is 4.78. The summed E-state index contributed by atoms with van der Waals surface area (Å²) in [6.07, 6.45) is 1.30. The summed E-state index contributed by atoms with van der Waals surface area (Å²) < 4.78 is 16.8. The van der Waals surface area contributed by atoms with Crippen molar-refractivity contribution in [2.24, 2.45) is 5.92 Å². The van der Waals surface area contributed by atoms with E-state index in [4.69, 9.17) is 14.2 Å². The van der Waals surface area contributed by atoms with Crippen molar-refractivity contribution >= 4 is 0 Å². The molecule has 2 aliphatic rings. The summed E-state index contributed by atoms with van der Waals surface area (Å²) >= 11 is 0. The number of fused-ring (bicyclic) bond motifs is 2. The van der Waals surface area contributed by atoms with Crippen LogP contribution < -0.4 is 14.2 Å². The molecular formula is C17H25NO4. The summed E-state index contributed by atoms with van der Waals surface area (Å²) in [5, 5.41) is 10.4. The predicted molar refractivity (Wildman–Crippen MR) is 83.7 cm³/mol. The monoisotopic (exact) mass is 307 g/mol. The van der Waals surface area contributed by atoms with Gasteiger partial charge in [-0.1, -0.05) is 13.8 Å². The van der Waals surface area contributed by atoms with E-state index in [2.05, 4.69) is 18.0 Å². The smallest absolute Gasteiger partial charge is 0.231 e. The third-order valence-electron chi connectivity index (χ3n) is 4.78. The van der Waals surface area contributed by atoms with Gasteiger partial charge in [0.05, 0.1) is 13.2 Å². The fourth-order valence-electron chi connectivity index (χ4n) is 3.32. The van der Waals surface area contributed by atoms with Crippen LogP contribution in [0.15, 0.2) is 6.07 Å². The lowest BCUT2D eigenvalue weighted by atomic mass is 9.86. The molecule has 0 radical (unpaired) electrons. The molecule has 0 fully saturated rings. The standard InChI is InChI=1S/C17H25NO4/c1-10(2)13(19)8-12-15-11(5-6-18(12)3)7-14-16(17(15)20-4)22-9-21-14/h7,10,12-13,19H,5-6,8-9H2,1-4H3. The summed E-state index contributed by atoms with van der Waals surface area (Å²) in [5.74, 6) is 2.46. The first-order valence-electron chi connectivity index (χ1n) is 7.90. The van der Waals surface area contributed by atoms with E-state index in [1.54, 1.807) is 7.11 Å². The Balaban J connectivity index is 2.04. The second-order valence-electron chi connectivity index (χ2n) is 6.51. The van der Waals surface area contributed by atoms with Gasteiger partial charge < -0.3 is 19.3 Å². The Morgan fingerprint density at radius 2 is 2.18 bits per heavy atom. The van der Waals surface area contributed by atoms with Crippen molar-refractivity contribution in [2.75, 3.05) is 27.5 Å². The van der Waals surface area contributed by atoms with Gasteiger partial charge in [0.25, 0.3) is 0 Å². The topological polar surface area (TPSA) is 51.2 Å². The van der Waals surface area contributed by atoms with E-state index < -0.39 is 0 Å². The second-order valence-corrected chi connectivity index (χ2v) is 6.51. The average Bonchev–Trinajstić information content (AvgIpc) is 2.95.